The summed E-state index contributed by atoms with van der Waals surface area (Å²) in [5.41, 5.74) is 4.03. The van der Waals surface area contributed by atoms with E-state index >= 15 is 0 Å². The van der Waals surface area contributed by atoms with Gasteiger partial charge in [-0.25, -0.2) is 18.9 Å². The van der Waals surface area contributed by atoms with E-state index in [2.05, 4.69) is 28.3 Å². The van der Waals surface area contributed by atoms with Gasteiger partial charge in [0.1, 0.15) is 17.9 Å². The van der Waals surface area contributed by atoms with Crippen molar-refractivity contribution >= 4 is 16.4 Å². The number of methoxy groups -OCH3 is 2. The highest BCUT2D eigenvalue weighted by atomic mass is 19.1. The molecule has 0 spiro atoms. The number of fused-ring (bicyclic) bond motifs is 6. The molecule has 1 atom stereocenters. The number of benzene rings is 4. The molecule has 0 bridgehead atoms. The first kappa shape index (κ1) is 22.2. The maximum Gasteiger partial charge on any atom is 0.228 e. The van der Waals surface area contributed by atoms with Crippen molar-refractivity contribution in [2.45, 2.75) is 5.92 Å². The van der Waals surface area contributed by atoms with E-state index in [4.69, 9.17) is 19.2 Å². The molecule has 1 aliphatic heterocycles. The molecule has 0 fully saturated rings. The molecular formula is C30H21FN4O3. The number of hydrogen-bond donors (Lipinski definition) is 0. The van der Waals surface area contributed by atoms with Crippen LogP contribution in [0.15, 0.2) is 85.2 Å². The monoisotopic (exact) mass is 504 g/mol. The highest BCUT2D eigenvalue weighted by Crippen LogP contribution is 2.51. The van der Waals surface area contributed by atoms with Crippen molar-refractivity contribution in [2.75, 3.05) is 14.2 Å². The minimum atomic E-state index is -0.317. The Hall–Kier alpha value is -4.98. The lowest BCUT2D eigenvalue weighted by atomic mass is 9.82. The van der Waals surface area contributed by atoms with Crippen molar-refractivity contribution in [1.82, 2.24) is 19.6 Å². The number of rotatable bonds is 4. The topological polar surface area (TPSA) is 70.8 Å². The van der Waals surface area contributed by atoms with E-state index < -0.39 is 0 Å². The Bertz CT molecular complexity index is 1850. The minimum Gasteiger partial charge on any atom is -0.493 e. The molecule has 4 aromatic carbocycles. The summed E-state index contributed by atoms with van der Waals surface area (Å²) in [6.45, 7) is 0. The summed E-state index contributed by atoms with van der Waals surface area (Å²) in [6.07, 6.45) is 1.59. The number of nitrogens with zero attached hydrogens (tertiary/aromatic N) is 4. The second kappa shape index (κ2) is 8.55. The molecule has 3 heterocycles. The SMILES string of the molecule is COc1ccc([C@H]2c3ccc4ccccc4c3Oc3ncn4nc(-c5ccc(F)cc5)nc4c32)cc1OC. The predicted octanol–water partition coefficient (Wildman–Crippen LogP) is 6.39. The number of ether oxygens (including phenoxy) is 3. The van der Waals surface area contributed by atoms with E-state index in [0.29, 0.717) is 34.4 Å². The Morgan fingerprint density at radius 1 is 0.895 bits per heavy atom. The van der Waals surface area contributed by atoms with Gasteiger partial charge in [0.2, 0.25) is 5.88 Å². The second-order valence-corrected chi connectivity index (χ2v) is 9.03. The molecule has 0 radical (unpaired) electrons. The van der Waals surface area contributed by atoms with E-state index in [1.807, 2.05) is 36.4 Å². The maximum atomic E-state index is 13.5. The number of halogens is 1. The van der Waals surface area contributed by atoms with Gasteiger partial charge >= 0.3 is 0 Å². The highest BCUT2D eigenvalue weighted by molar-refractivity contribution is 5.91. The van der Waals surface area contributed by atoms with Crippen LogP contribution < -0.4 is 14.2 Å². The average Bonchev–Trinajstić information content (AvgIpc) is 3.40. The molecule has 7 rings (SSSR count). The maximum absolute atomic E-state index is 13.5. The van der Waals surface area contributed by atoms with Crippen molar-refractivity contribution < 1.29 is 18.6 Å². The summed E-state index contributed by atoms with van der Waals surface area (Å²) in [7, 11) is 3.23. The summed E-state index contributed by atoms with van der Waals surface area (Å²) in [6, 6.07) is 24.3. The zero-order valence-electron chi connectivity index (χ0n) is 20.6. The van der Waals surface area contributed by atoms with Gasteiger partial charge in [-0.1, -0.05) is 42.5 Å². The lowest BCUT2D eigenvalue weighted by Gasteiger charge is -2.29. The van der Waals surface area contributed by atoms with Crippen LogP contribution in [-0.2, 0) is 0 Å². The van der Waals surface area contributed by atoms with Crippen LogP contribution in [0, 0.1) is 5.82 Å². The third kappa shape index (κ3) is 3.37. The van der Waals surface area contributed by atoms with Crippen LogP contribution >= 0.6 is 0 Å². The van der Waals surface area contributed by atoms with Gasteiger partial charge < -0.3 is 14.2 Å². The van der Waals surface area contributed by atoms with Crippen molar-refractivity contribution in [3.8, 4) is 34.5 Å². The molecule has 0 N–H and O–H groups in total. The zero-order valence-corrected chi connectivity index (χ0v) is 20.6. The molecule has 7 nitrogen and oxygen atoms in total. The van der Waals surface area contributed by atoms with Gasteiger partial charge in [-0.3, -0.25) is 0 Å². The van der Waals surface area contributed by atoms with Crippen molar-refractivity contribution in [3.63, 3.8) is 0 Å². The largest absolute Gasteiger partial charge is 0.493 e. The van der Waals surface area contributed by atoms with Crippen molar-refractivity contribution in [3.05, 3.63) is 108 Å². The smallest absolute Gasteiger partial charge is 0.228 e. The molecular weight excluding hydrogens is 483 g/mol. The average molecular weight is 505 g/mol. The third-order valence-electron chi connectivity index (χ3n) is 6.94. The Balaban J connectivity index is 1.50. The van der Waals surface area contributed by atoms with Gasteiger partial charge in [0.25, 0.3) is 0 Å². The van der Waals surface area contributed by atoms with Gasteiger partial charge in [0.15, 0.2) is 23.0 Å². The van der Waals surface area contributed by atoms with Crippen LogP contribution in [0.25, 0.3) is 27.8 Å². The first-order chi connectivity index (χ1) is 18.6. The van der Waals surface area contributed by atoms with E-state index in [1.165, 1.54) is 12.1 Å². The van der Waals surface area contributed by atoms with Gasteiger partial charge in [-0.2, -0.15) is 0 Å². The Morgan fingerprint density at radius 3 is 2.53 bits per heavy atom. The van der Waals surface area contributed by atoms with E-state index in [1.54, 1.807) is 37.2 Å². The van der Waals surface area contributed by atoms with Gasteiger partial charge in [-0.05, 0) is 47.3 Å². The number of hydrogen-bond acceptors (Lipinski definition) is 6. The van der Waals surface area contributed by atoms with E-state index in [9.17, 15) is 4.39 Å². The summed E-state index contributed by atoms with van der Waals surface area (Å²) < 4.78 is 32.8. The molecule has 6 aromatic rings. The van der Waals surface area contributed by atoms with Crippen LogP contribution in [0.2, 0.25) is 0 Å². The molecule has 38 heavy (non-hydrogen) atoms. The fourth-order valence-corrected chi connectivity index (χ4v) is 5.15. The second-order valence-electron chi connectivity index (χ2n) is 9.03. The molecule has 0 aliphatic carbocycles. The summed E-state index contributed by atoms with van der Waals surface area (Å²) in [4.78, 5) is 9.52. The van der Waals surface area contributed by atoms with Gasteiger partial charge in [0, 0.05) is 22.4 Å². The summed E-state index contributed by atoms with van der Waals surface area (Å²) in [5, 5.41) is 6.70. The van der Waals surface area contributed by atoms with E-state index in [0.717, 1.165) is 33.2 Å². The van der Waals surface area contributed by atoms with Crippen LogP contribution in [0.3, 0.4) is 0 Å². The zero-order chi connectivity index (χ0) is 25.8. The first-order valence-electron chi connectivity index (χ1n) is 12.1. The van der Waals surface area contributed by atoms with Crippen LogP contribution in [0.5, 0.6) is 23.1 Å². The van der Waals surface area contributed by atoms with Crippen LogP contribution in [-0.4, -0.2) is 33.8 Å². The fourth-order valence-electron chi connectivity index (χ4n) is 5.15. The summed E-state index contributed by atoms with van der Waals surface area (Å²) in [5.74, 6) is 2.34. The minimum absolute atomic E-state index is 0.278. The Morgan fingerprint density at radius 2 is 1.71 bits per heavy atom. The molecule has 8 heteroatoms. The molecule has 1 aliphatic rings. The summed E-state index contributed by atoms with van der Waals surface area (Å²) >= 11 is 0. The molecule has 0 saturated heterocycles. The number of aromatic nitrogens is 4. The molecule has 0 unspecified atom stereocenters. The molecule has 0 saturated carbocycles. The lowest BCUT2D eigenvalue weighted by molar-refractivity contribution is 0.354. The first-order valence-corrected chi connectivity index (χ1v) is 12.1. The van der Waals surface area contributed by atoms with Crippen LogP contribution in [0.1, 0.15) is 22.6 Å². The van der Waals surface area contributed by atoms with Crippen molar-refractivity contribution in [1.29, 1.82) is 0 Å². The van der Waals surface area contributed by atoms with Crippen molar-refractivity contribution in [2.24, 2.45) is 0 Å². The fraction of sp³-hybridized carbons (Fsp3) is 0.100. The third-order valence-corrected chi connectivity index (χ3v) is 6.94. The molecule has 186 valence electrons. The normalized spacial score (nSPS) is 14.1. The van der Waals surface area contributed by atoms with Crippen LogP contribution in [0.4, 0.5) is 4.39 Å². The van der Waals surface area contributed by atoms with Gasteiger partial charge in [0.05, 0.1) is 19.8 Å². The molecule has 0 amide bonds. The lowest BCUT2D eigenvalue weighted by Crippen LogP contribution is -2.15. The molecule has 2 aromatic heterocycles. The standard InChI is InChI=1S/C30H21FN4O3/c1-36-23-14-10-19(15-24(23)37-2)25-22-13-9-17-5-3-4-6-21(17)27(22)38-30-26(25)29-33-28(34-35(29)16-32-30)18-7-11-20(31)12-8-18/h3-16,25H,1-2H3/t25-/m0/s1. The quantitative estimate of drug-likeness (QED) is 0.277. The Kier molecular flexibility index (Phi) is 5.00. The highest BCUT2D eigenvalue weighted by Gasteiger charge is 2.35. The predicted molar refractivity (Wildman–Crippen MR) is 141 cm³/mol. The van der Waals surface area contributed by atoms with E-state index in [-0.39, 0.29) is 11.7 Å². The Labute approximate surface area is 217 Å². The van der Waals surface area contributed by atoms with Gasteiger partial charge in [-0.15, -0.1) is 5.10 Å².